The summed E-state index contributed by atoms with van der Waals surface area (Å²) < 4.78 is 13.8. The Kier molecular flexibility index (Phi) is 3.75. The Hall–Kier alpha value is -2.02. The van der Waals surface area contributed by atoms with Gasteiger partial charge in [-0.2, -0.15) is 4.39 Å². The summed E-state index contributed by atoms with van der Waals surface area (Å²) >= 11 is 0. The number of rotatable bonds is 4. The molecule has 1 N–H and O–H groups in total. The molecule has 0 radical (unpaired) electrons. The number of nitro benzene ring substituents is 1. The number of benzene rings is 1. The van der Waals surface area contributed by atoms with E-state index >= 15 is 0 Å². The lowest BCUT2D eigenvalue weighted by Gasteiger charge is -2.12. The molecule has 1 fully saturated rings. The molecule has 7 heteroatoms. The van der Waals surface area contributed by atoms with Crippen molar-refractivity contribution in [1.29, 1.82) is 0 Å². The molecule has 1 amide bonds. The molecule has 0 aromatic heterocycles. The molecule has 1 aliphatic heterocycles. The summed E-state index contributed by atoms with van der Waals surface area (Å²) in [5, 5.41) is 13.5. The van der Waals surface area contributed by atoms with Gasteiger partial charge in [0.2, 0.25) is 11.7 Å². The molecule has 19 heavy (non-hydrogen) atoms. The monoisotopic (exact) mass is 267 g/mol. The van der Waals surface area contributed by atoms with Crippen molar-refractivity contribution in [3.63, 3.8) is 0 Å². The first kappa shape index (κ1) is 13.4. The van der Waals surface area contributed by atoms with Gasteiger partial charge in [0.25, 0.3) is 0 Å². The molecule has 1 aromatic carbocycles. The van der Waals surface area contributed by atoms with Crippen molar-refractivity contribution in [1.82, 2.24) is 10.2 Å². The van der Waals surface area contributed by atoms with Crippen LogP contribution in [-0.2, 0) is 11.3 Å². The minimum absolute atomic E-state index is 0.0363. The van der Waals surface area contributed by atoms with Crippen molar-refractivity contribution < 1.29 is 14.1 Å². The van der Waals surface area contributed by atoms with Crippen LogP contribution in [0.4, 0.5) is 10.1 Å². The van der Waals surface area contributed by atoms with E-state index < -0.39 is 16.4 Å². The van der Waals surface area contributed by atoms with E-state index in [-0.39, 0.29) is 24.1 Å². The number of carbonyl (C=O) groups excluding carboxylic acids is 1. The highest BCUT2D eigenvalue weighted by Gasteiger charge is 2.28. The van der Waals surface area contributed by atoms with Crippen molar-refractivity contribution in [2.75, 3.05) is 13.6 Å². The van der Waals surface area contributed by atoms with Crippen LogP contribution in [0.25, 0.3) is 0 Å². The molecular weight excluding hydrogens is 253 g/mol. The predicted molar refractivity (Wildman–Crippen MR) is 65.9 cm³/mol. The normalized spacial score (nSPS) is 18.9. The van der Waals surface area contributed by atoms with E-state index in [0.717, 1.165) is 6.07 Å². The fourth-order valence-electron chi connectivity index (χ4n) is 2.09. The fourth-order valence-corrected chi connectivity index (χ4v) is 2.09. The van der Waals surface area contributed by atoms with E-state index in [0.29, 0.717) is 13.0 Å². The van der Waals surface area contributed by atoms with Crippen LogP contribution in [0.15, 0.2) is 18.2 Å². The van der Waals surface area contributed by atoms with Crippen LogP contribution in [0, 0.1) is 15.9 Å². The minimum atomic E-state index is -0.848. The van der Waals surface area contributed by atoms with Gasteiger partial charge in [-0.25, -0.2) is 0 Å². The van der Waals surface area contributed by atoms with Gasteiger partial charge >= 0.3 is 5.69 Å². The van der Waals surface area contributed by atoms with Gasteiger partial charge in [0.15, 0.2) is 0 Å². The van der Waals surface area contributed by atoms with Crippen molar-refractivity contribution >= 4 is 11.6 Å². The zero-order valence-corrected chi connectivity index (χ0v) is 10.4. The Labute approximate surface area is 109 Å². The maximum absolute atomic E-state index is 13.8. The Morgan fingerprint density at radius 3 is 2.89 bits per heavy atom. The number of likely N-dealkylation sites (N-methyl/N-ethyl adjacent to an activating group) is 1. The lowest BCUT2D eigenvalue weighted by molar-refractivity contribution is -0.387. The van der Waals surface area contributed by atoms with Crippen LogP contribution >= 0.6 is 0 Å². The number of amides is 1. The Bertz CT molecular complexity index is 521. The molecule has 0 bridgehead atoms. The molecule has 1 aromatic rings. The van der Waals surface area contributed by atoms with Crippen LogP contribution in [0.1, 0.15) is 12.0 Å². The Balaban J connectivity index is 2.06. The van der Waals surface area contributed by atoms with Crippen LogP contribution in [0.5, 0.6) is 0 Å². The highest BCUT2D eigenvalue weighted by atomic mass is 19.1. The van der Waals surface area contributed by atoms with Crippen LogP contribution in [0.3, 0.4) is 0 Å². The first-order valence-corrected chi connectivity index (χ1v) is 5.91. The molecule has 0 aliphatic carbocycles. The van der Waals surface area contributed by atoms with Crippen LogP contribution < -0.4 is 5.32 Å². The quantitative estimate of drug-likeness (QED) is 0.653. The van der Waals surface area contributed by atoms with E-state index in [1.54, 1.807) is 11.9 Å². The molecule has 6 nitrogen and oxygen atoms in total. The first-order valence-electron chi connectivity index (χ1n) is 5.91. The number of nitrogens with one attached hydrogen (secondary N) is 1. The lowest BCUT2D eigenvalue weighted by Crippen LogP contribution is -2.36. The highest BCUT2D eigenvalue weighted by Crippen LogP contribution is 2.20. The maximum atomic E-state index is 13.8. The first-order chi connectivity index (χ1) is 9.00. The van der Waals surface area contributed by atoms with Gasteiger partial charge in [0.05, 0.1) is 11.0 Å². The second kappa shape index (κ2) is 5.31. The van der Waals surface area contributed by atoms with Crippen molar-refractivity contribution in [2.24, 2.45) is 0 Å². The average Bonchev–Trinajstić information content (AvgIpc) is 2.68. The van der Waals surface area contributed by atoms with Gasteiger partial charge in [-0.1, -0.05) is 12.1 Å². The number of hydrogen-bond acceptors (Lipinski definition) is 4. The smallest absolute Gasteiger partial charge is 0.305 e. The van der Waals surface area contributed by atoms with Gasteiger partial charge < -0.3 is 10.2 Å². The zero-order valence-electron chi connectivity index (χ0n) is 10.4. The third-order valence-electron chi connectivity index (χ3n) is 3.22. The Morgan fingerprint density at radius 2 is 2.32 bits per heavy atom. The summed E-state index contributed by atoms with van der Waals surface area (Å²) in [6.45, 7) is 0.756. The van der Waals surface area contributed by atoms with E-state index in [2.05, 4.69) is 5.32 Å². The fraction of sp³-hybridized carbons (Fsp3) is 0.417. The van der Waals surface area contributed by atoms with Crippen molar-refractivity contribution in [3.8, 4) is 0 Å². The predicted octanol–water partition coefficient (Wildman–Crippen LogP) is 1.05. The molecule has 2 rings (SSSR count). The molecule has 0 saturated carbocycles. The van der Waals surface area contributed by atoms with Gasteiger partial charge in [-0.05, 0) is 6.42 Å². The van der Waals surface area contributed by atoms with Crippen molar-refractivity contribution in [3.05, 3.63) is 39.7 Å². The van der Waals surface area contributed by atoms with Gasteiger partial charge in [0.1, 0.15) is 0 Å². The molecule has 1 saturated heterocycles. The second-order valence-electron chi connectivity index (χ2n) is 4.49. The molecule has 102 valence electrons. The number of hydrogen-bond donors (Lipinski definition) is 1. The van der Waals surface area contributed by atoms with E-state index in [1.165, 1.54) is 12.1 Å². The third kappa shape index (κ3) is 2.70. The van der Waals surface area contributed by atoms with E-state index in [9.17, 15) is 19.3 Å². The van der Waals surface area contributed by atoms with Crippen LogP contribution in [0.2, 0.25) is 0 Å². The van der Waals surface area contributed by atoms with Gasteiger partial charge in [0, 0.05) is 31.8 Å². The largest absolute Gasteiger partial charge is 0.344 e. The standard InChI is InChI=1S/C12H14FN3O3/c1-15-6-5-9(12(15)17)14-7-8-3-2-4-10(11(8)13)16(18)19/h2-4,9,14H,5-7H2,1H3. The average molecular weight is 267 g/mol. The maximum Gasteiger partial charge on any atom is 0.305 e. The van der Waals surface area contributed by atoms with Gasteiger partial charge in [-0.15, -0.1) is 0 Å². The molecule has 1 atom stereocenters. The third-order valence-corrected chi connectivity index (χ3v) is 3.22. The summed E-state index contributed by atoms with van der Waals surface area (Å²) in [5.74, 6) is -0.885. The second-order valence-corrected chi connectivity index (χ2v) is 4.49. The van der Waals surface area contributed by atoms with Gasteiger partial charge in [-0.3, -0.25) is 14.9 Å². The summed E-state index contributed by atoms with van der Waals surface area (Å²) in [4.78, 5) is 23.1. The number of halogens is 1. The Morgan fingerprint density at radius 1 is 1.58 bits per heavy atom. The molecular formula is C12H14FN3O3. The molecule has 1 heterocycles. The topological polar surface area (TPSA) is 75.5 Å². The number of nitrogens with zero attached hydrogens (tertiary/aromatic N) is 2. The van der Waals surface area contributed by atoms with E-state index in [4.69, 9.17) is 0 Å². The minimum Gasteiger partial charge on any atom is -0.344 e. The molecule has 0 spiro atoms. The summed E-state index contributed by atoms with van der Waals surface area (Å²) in [6, 6.07) is 3.68. The van der Waals surface area contributed by atoms with E-state index in [1.807, 2.05) is 0 Å². The number of nitro groups is 1. The summed E-state index contributed by atoms with van der Waals surface area (Å²) in [7, 11) is 1.71. The summed E-state index contributed by atoms with van der Waals surface area (Å²) in [6.07, 6.45) is 0.659. The molecule has 1 unspecified atom stereocenters. The number of likely N-dealkylation sites (tertiary alicyclic amines) is 1. The SMILES string of the molecule is CN1CCC(NCc2cccc([N+](=O)[O-])c2F)C1=O. The highest BCUT2D eigenvalue weighted by molar-refractivity contribution is 5.83. The number of carbonyl (C=O) groups is 1. The lowest BCUT2D eigenvalue weighted by atomic mass is 10.1. The zero-order chi connectivity index (χ0) is 14.0. The molecule has 1 aliphatic rings. The summed E-state index contributed by atoms with van der Waals surface area (Å²) in [5.41, 5.74) is -0.356. The van der Waals surface area contributed by atoms with Crippen molar-refractivity contribution in [2.45, 2.75) is 19.0 Å². The van der Waals surface area contributed by atoms with Crippen LogP contribution in [-0.4, -0.2) is 35.4 Å².